The molecule has 0 spiro atoms. The first-order valence-corrected chi connectivity index (χ1v) is 9.03. The second kappa shape index (κ2) is 11.8. The standard InChI is InChI=1S/C16H21N3O7S/c20-13(21)6-7-19(8-14(22)23)18-16(26)17-12(15(24)25)10-27-9-11-4-2-1-3-5-11/h1-5,12H,6-10H2,(H,20,21)(H,22,23)(H,24,25)(H2,17,18,26). The third-order valence-corrected chi connectivity index (χ3v) is 4.29. The summed E-state index contributed by atoms with van der Waals surface area (Å²) in [5.74, 6) is -2.99. The van der Waals surface area contributed by atoms with Gasteiger partial charge in [0.25, 0.3) is 0 Å². The fourth-order valence-electron chi connectivity index (χ4n) is 1.95. The minimum absolute atomic E-state index is 0.103. The number of nitrogens with zero attached hydrogens (tertiary/aromatic N) is 1. The number of hydrogen-bond acceptors (Lipinski definition) is 6. The van der Waals surface area contributed by atoms with Crippen molar-refractivity contribution in [3.8, 4) is 0 Å². The summed E-state index contributed by atoms with van der Waals surface area (Å²) in [5, 5.41) is 29.8. The molecule has 27 heavy (non-hydrogen) atoms. The van der Waals surface area contributed by atoms with Crippen molar-refractivity contribution in [2.75, 3.05) is 18.8 Å². The maximum Gasteiger partial charge on any atom is 0.330 e. The van der Waals surface area contributed by atoms with Gasteiger partial charge in [0.2, 0.25) is 0 Å². The zero-order valence-corrected chi connectivity index (χ0v) is 15.1. The second-order valence-electron chi connectivity index (χ2n) is 5.44. The third-order valence-electron chi connectivity index (χ3n) is 3.18. The summed E-state index contributed by atoms with van der Waals surface area (Å²) in [7, 11) is 0. The van der Waals surface area contributed by atoms with Gasteiger partial charge in [0, 0.05) is 18.1 Å². The SMILES string of the molecule is O=C(O)CCN(CC(=O)O)NC(=O)NC(CSCc1ccccc1)C(=O)O. The number of carboxylic acid groups (broad SMARTS) is 3. The van der Waals surface area contributed by atoms with E-state index < -0.39 is 36.5 Å². The molecule has 10 nitrogen and oxygen atoms in total. The van der Waals surface area contributed by atoms with Crippen molar-refractivity contribution < 1.29 is 34.5 Å². The van der Waals surface area contributed by atoms with Crippen LogP contribution in [0.4, 0.5) is 4.79 Å². The molecular weight excluding hydrogens is 378 g/mol. The van der Waals surface area contributed by atoms with E-state index in [4.69, 9.17) is 10.2 Å². The van der Waals surface area contributed by atoms with Crippen LogP contribution in [0, 0.1) is 0 Å². The first-order chi connectivity index (χ1) is 12.8. The van der Waals surface area contributed by atoms with E-state index in [1.54, 1.807) is 0 Å². The molecule has 1 rings (SSSR count). The molecule has 148 valence electrons. The van der Waals surface area contributed by atoms with E-state index in [2.05, 4.69) is 10.7 Å². The van der Waals surface area contributed by atoms with Crippen molar-refractivity contribution in [3.63, 3.8) is 0 Å². The Morgan fingerprint density at radius 2 is 1.70 bits per heavy atom. The van der Waals surface area contributed by atoms with Gasteiger partial charge in [-0.1, -0.05) is 30.3 Å². The number of carbonyl (C=O) groups is 4. The van der Waals surface area contributed by atoms with Crippen LogP contribution in [0.3, 0.4) is 0 Å². The molecule has 0 aromatic heterocycles. The van der Waals surface area contributed by atoms with E-state index in [-0.39, 0.29) is 18.7 Å². The molecule has 5 N–H and O–H groups in total. The fourth-order valence-corrected chi connectivity index (χ4v) is 2.95. The fraction of sp³-hybridized carbons (Fsp3) is 0.375. The Bertz CT molecular complexity index is 657. The average molecular weight is 399 g/mol. The van der Waals surface area contributed by atoms with E-state index in [1.165, 1.54) is 11.8 Å². The zero-order valence-electron chi connectivity index (χ0n) is 14.3. The summed E-state index contributed by atoms with van der Waals surface area (Å²) < 4.78 is 0. The topological polar surface area (TPSA) is 156 Å². The zero-order chi connectivity index (χ0) is 20.2. The molecule has 1 aromatic carbocycles. The lowest BCUT2D eigenvalue weighted by atomic mass is 10.2. The summed E-state index contributed by atoms with van der Waals surface area (Å²) >= 11 is 1.32. The summed E-state index contributed by atoms with van der Waals surface area (Å²) in [6.07, 6.45) is -0.386. The third kappa shape index (κ3) is 10.1. The molecule has 0 saturated heterocycles. The maximum absolute atomic E-state index is 12.0. The van der Waals surface area contributed by atoms with Gasteiger partial charge >= 0.3 is 23.9 Å². The number of carboxylic acids is 3. The monoisotopic (exact) mass is 399 g/mol. The van der Waals surface area contributed by atoms with Crippen LogP contribution in [-0.4, -0.2) is 69.2 Å². The Morgan fingerprint density at radius 1 is 1.04 bits per heavy atom. The molecular formula is C16H21N3O7S. The van der Waals surface area contributed by atoms with Crippen molar-refractivity contribution >= 4 is 35.7 Å². The van der Waals surface area contributed by atoms with Crippen molar-refractivity contribution in [1.82, 2.24) is 15.8 Å². The summed E-state index contributed by atoms with van der Waals surface area (Å²) in [4.78, 5) is 44.6. The Morgan fingerprint density at radius 3 is 2.26 bits per heavy atom. The first kappa shape index (κ1) is 22.3. The lowest BCUT2D eigenvalue weighted by Crippen LogP contribution is -2.54. The number of aliphatic carboxylic acids is 3. The number of rotatable bonds is 12. The van der Waals surface area contributed by atoms with E-state index in [9.17, 15) is 24.3 Å². The number of nitrogens with one attached hydrogen (secondary N) is 2. The van der Waals surface area contributed by atoms with Crippen LogP contribution in [0.1, 0.15) is 12.0 Å². The second-order valence-corrected chi connectivity index (χ2v) is 6.47. The quantitative estimate of drug-likeness (QED) is 0.315. The van der Waals surface area contributed by atoms with Gasteiger partial charge in [-0.05, 0) is 5.56 Å². The Kier molecular flexibility index (Phi) is 9.69. The lowest BCUT2D eigenvalue weighted by molar-refractivity contribution is -0.141. The highest BCUT2D eigenvalue weighted by Crippen LogP contribution is 2.13. The van der Waals surface area contributed by atoms with E-state index >= 15 is 0 Å². The van der Waals surface area contributed by atoms with Crippen molar-refractivity contribution in [2.45, 2.75) is 18.2 Å². The molecule has 0 aliphatic rings. The summed E-state index contributed by atoms with van der Waals surface area (Å²) in [5.41, 5.74) is 3.18. The Hall–Kier alpha value is -2.79. The molecule has 0 aliphatic carbocycles. The number of amides is 2. The highest BCUT2D eigenvalue weighted by atomic mass is 32.2. The van der Waals surface area contributed by atoms with Crippen LogP contribution in [-0.2, 0) is 20.1 Å². The molecule has 0 aliphatic heterocycles. The molecule has 0 bridgehead atoms. The van der Waals surface area contributed by atoms with Gasteiger partial charge in [0.15, 0.2) is 0 Å². The predicted octanol–water partition coefficient (Wildman–Crippen LogP) is 0.449. The molecule has 0 heterocycles. The molecule has 11 heteroatoms. The maximum atomic E-state index is 12.0. The lowest BCUT2D eigenvalue weighted by Gasteiger charge is -2.22. The molecule has 1 unspecified atom stereocenters. The predicted molar refractivity (Wildman–Crippen MR) is 97.2 cm³/mol. The van der Waals surface area contributed by atoms with Gasteiger partial charge in [-0.15, -0.1) is 0 Å². The van der Waals surface area contributed by atoms with Gasteiger partial charge in [0.1, 0.15) is 12.6 Å². The van der Waals surface area contributed by atoms with Gasteiger partial charge in [-0.3, -0.25) is 15.0 Å². The van der Waals surface area contributed by atoms with E-state index in [0.717, 1.165) is 10.6 Å². The minimum Gasteiger partial charge on any atom is -0.481 e. The molecule has 2 amide bonds. The number of thioether (sulfide) groups is 1. The Labute approximate surface area is 159 Å². The molecule has 0 radical (unpaired) electrons. The minimum atomic E-state index is -1.27. The largest absolute Gasteiger partial charge is 0.481 e. The molecule has 0 saturated carbocycles. The van der Waals surface area contributed by atoms with Crippen LogP contribution >= 0.6 is 11.8 Å². The Balaban J connectivity index is 2.52. The smallest absolute Gasteiger partial charge is 0.330 e. The van der Waals surface area contributed by atoms with Crippen LogP contribution in [0.25, 0.3) is 0 Å². The highest BCUT2D eigenvalue weighted by molar-refractivity contribution is 7.98. The molecule has 1 atom stereocenters. The number of urea groups is 1. The molecule has 0 fully saturated rings. The van der Waals surface area contributed by atoms with Gasteiger partial charge < -0.3 is 20.6 Å². The van der Waals surface area contributed by atoms with Crippen molar-refractivity contribution in [1.29, 1.82) is 0 Å². The van der Waals surface area contributed by atoms with Crippen LogP contribution in [0.15, 0.2) is 30.3 Å². The normalized spacial score (nSPS) is 11.6. The van der Waals surface area contributed by atoms with Gasteiger partial charge in [-0.25, -0.2) is 14.6 Å². The molecule has 1 aromatic rings. The summed E-state index contributed by atoms with van der Waals surface area (Å²) in [6, 6.07) is 7.28. The number of carbonyl (C=O) groups excluding carboxylic acids is 1. The number of hydrazine groups is 1. The van der Waals surface area contributed by atoms with Gasteiger partial charge in [-0.2, -0.15) is 11.8 Å². The first-order valence-electron chi connectivity index (χ1n) is 7.88. The van der Waals surface area contributed by atoms with Crippen LogP contribution < -0.4 is 10.7 Å². The highest BCUT2D eigenvalue weighted by Gasteiger charge is 2.22. The van der Waals surface area contributed by atoms with E-state index in [1.807, 2.05) is 30.3 Å². The van der Waals surface area contributed by atoms with Gasteiger partial charge in [0.05, 0.1) is 6.42 Å². The number of benzene rings is 1. The number of hydrogen-bond donors (Lipinski definition) is 5. The van der Waals surface area contributed by atoms with E-state index in [0.29, 0.717) is 5.75 Å². The van der Waals surface area contributed by atoms with Crippen LogP contribution in [0.5, 0.6) is 0 Å². The van der Waals surface area contributed by atoms with Crippen molar-refractivity contribution in [2.24, 2.45) is 0 Å². The summed E-state index contributed by atoms with van der Waals surface area (Å²) in [6.45, 7) is -0.864. The average Bonchev–Trinajstić information content (AvgIpc) is 2.59. The van der Waals surface area contributed by atoms with Crippen LogP contribution in [0.2, 0.25) is 0 Å². The van der Waals surface area contributed by atoms with Crippen molar-refractivity contribution in [3.05, 3.63) is 35.9 Å².